The predicted octanol–water partition coefficient (Wildman–Crippen LogP) is 1.23. The first kappa shape index (κ1) is 13.6. The smallest absolute Gasteiger partial charge is 0.258 e. The fraction of sp³-hybridized carbons (Fsp3) is 0.692. The molecule has 1 aliphatic heterocycles. The van der Waals surface area contributed by atoms with Crippen molar-refractivity contribution in [1.82, 2.24) is 9.69 Å². The molecule has 0 aromatic carbocycles. The van der Waals surface area contributed by atoms with E-state index >= 15 is 0 Å². The van der Waals surface area contributed by atoms with Gasteiger partial charge in [-0.15, -0.1) is 0 Å². The van der Waals surface area contributed by atoms with Crippen LogP contribution in [0.4, 0.5) is 10.8 Å². The van der Waals surface area contributed by atoms with Gasteiger partial charge in [-0.3, -0.25) is 4.79 Å². The highest BCUT2D eigenvalue weighted by molar-refractivity contribution is 7.11. The van der Waals surface area contributed by atoms with E-state index in [1.807, 2.05) is 13.8 Å². The van der Waals surface area contributed by atoms with Crippen LogP contribution in [0.25, 0.3) is 0 Å². The van der Waals surface area contributed by atoms with Crippen molar-refractivity contribution in [2.75, 3.05) is 23.7 Å². The number of anilines is 2. The number of carbonyl (C=O) groups excluding carboxylic acids is 1. The Balaban J connectivity index is 1.83. The van der Waals surface area contributed by atoms with Crippen LogP contribution in [0, 0.1) is 0 Å². The minimum atomic E-state index is -0.0967. The lowest BCUT2D eigenvalue weighted by atomic mass is 10.2. The van der Waals surface area contributed by atoms with E-state index < -0.39 is 0 Å². The van der Waals surface area contributed by atoms with Gasteiger partial charge in [0.05, 0.1) is 12.2 Å². The molecule has 1 saturated heterocycles. The monoisotopic (exact) mass is 296 g/mol. The van der Waals surface area contributed by atoms with E-state index in [1.54, 1.807) is 0 Å². The van der Waals surface area contributed by atoms with Crippen molar-refractivity contribution in [3.8, 4) is 0 Å². The number of nitrogens with one attached hydrogen (secondary N) is 1. The van der Waals surface area contributed by atoms with Gasteiger partial charge in [-0.25, -0.2) is 0 Å². The molecular formula is C13H20N4O2S. The van der Waals surface area contributed by atoms with Gasteiger partial charge in [0, 0.05) is 19.1 Å². The molecule has 3 N–H and O–H groups in total. The number of ether oxygens (including phenoxy) is 1. The van der Waals surface area contributed by atoms with Crippen molar-refractivity contribution in [3.05, 3.63) is 5.56 Å². The maximum atomic E-state index is 12.3. The second kappa shape index (κ2) is 5.21. The Morgan fingerprint density at radius 3 is 2.65 bits per heavy atom. The van der Waals surface area contributed by atoms with Gasteiger partial charge in [-0.2, -0.15) is 4.37 Å². The van der Waals surface area contributed by atoms with Crippen molar-refractivity contribution in [1.29, 1.82) is 0 Å². The Labute approximate surface area is 122 Å². The highest BCUT2D eigenvalue weighted by Crippen LogP contribution is 2.33. The van der Waals surface area contributed by atoms with Crippen molar-refractivity contribution in [3.63, 3.8) is 0 Å². The Morgan fingerprint density at radius 2 is 2.05 bits per heavy atom. The number of hydrogen-bond donors (Lipinski definition) is 2. The van der Waals surface area contributed by atoms with E-state index in [1.165, 1.54) is 11.5 Å². The third-order valence-electron chi connectivity index (χ3n) is 3.55. The van der Waals surface area contributed by atoms with Crippen LogP contribution < -0.4 is 16.0 Å². The van der Waals surface area contributed by atoms with E-state index in [4.69, 9.17) is 10.5 Å². The van der Waals surface area contributed by atoms with Crippen LogP contribution in [0.5, 0.6) is 0 Å². The second-order valence-electron chi connectivity index (χ2n) is 5.66. The zero-order chi connectivity index (χ0) is 14.3. The van der Waals surface area contributed by atoms with Crippen LogP contribution in [0.2, 0.25) is 0 Å². The Morgan fingerprint density at radius 1 is 1.40 bits per heavy atom. The summed E-state index contributed by atoms with van der Waals surface area (Å²) >= 11 is 1.30. The molecule has 7 heteroatoms. The van der Waals surface area contributed by atoms with Gasteiger partial charge in [0.25, 0.3) is 5.91 Å². The maximum absolute atomic E-state index is 12.3. The lowest BCUT2D eigenvalue weighted by molar-refractivity contribution is -0.00506. The number of aromatic nitrogens is 1. The summed E-state index contributed by atoms with van der Waals surface area (Å²) in [6.07, 6.45) is 2.40. The topological polar surface area (TPSA) is 80.5 Å². The second-order valence-corrected chi connectivity index (χ2v) is 6.41. The number of rotatable bonds is 3. The first-order valence-corrected chi connectivity index (χ1v) is 7.78. The number of hydrogen-bond acceptors (Lipinski definition) is 6. The van der Waals surface area contributed by atoms with Gasteiger partial charge in [0.1, 0.15) is 10.6 Å². The van der Waals surface area contributed by atoms with Crippen LogP contribution in [0.3, 0.4) is 0 Å². The molecule has 1 aliphatic carbocycles. The van der Waals surface area contributed by atoms with E-state index in [2.05, 4.69) is 14.6 Å². The molecule has 0 radical (unpaired) electrons. The van der Waals surface area contributed by atoms with Crippen LogP contribution in [-0.4, -0.2) is 41.6 Å². The molecule has 0 bridgehead atoms. The average molecular weight is 296 g/mol. The molecule has 1 saturated carbocycles. The SMILES string of the molecule is CC1CN(c2snc(N)c2C(=O)NC2CC2)CC(C)O1. The molecule has 2 fully saturated rings. The molecule has 1 amide bonds. The molecule has 110 valence electrons. The van der Waals surface area contributed by atoms with Crippen molar-refractivity contribution in [2.45, 2.75) is 44.9 Å². The van der Waals surface area contributed by atoms with Gasteiger partial charge >= 0.3 is 0 Å². The normalized spacial score (nSPS) is 26.6. The van der Waals surface area contributed by atoms with Crippen molar-refractivity contribution < 1.29 is 9.53 Å². The molecule has 1 aromatic rings. The van der Waals surface area contributed by atoms with Gasteiger partial charge in [-0.1, -0.05) is 0 Å². The Bertz CT molecular complexity index is 504. The van der Waals surface area contributed by atoms with Crippen molar-refractivity contribution in [2.24, 2.45) is 0 Å². The Kier molecular flexibility index (Phi) is 3.55. The summed E-state index contributed by atoms with van der Waals surface area (Å²) in [6, 6.07) is 0.317. The largest absolute Gasteiger partial charge is 0.382 e. The summed E-state index contributed by atoms with van der Waals surface area (Å²) in [5, 5.41) is 3.85. The van der Waals surface area contributed by atoms with E-state index in [-0.39, 0.29) is 18.1 Å². The zero-order valence-electron chi connectivity index (χ0n) is 11.8. The van der Waals surface area contributed by atoms with Gasteiger partial charge in [0.2, 0.25) is 0 Å². The minimum absolute atomic E-state index is 0.0967. The highest BCUT2D eigenvalue weighted by Gasteiger charge is 2.31. The van der Waals surface area contributed by atoms with Gasteiger partial charge in [0.15, 0.2) is 5.82 Å². The summed E-state index contributed by atoms with van der Waals surface area (Å²) < 4.78 is 9.90. The summed E-state index contributed by atoms with van der Waals surface area (Å²) in [6.45, 7) is 5.60. The molecular weight excluding hydrogens is 276 g/mol. The molecule has 2 heterocycles. The summed E-state index contributed by atoms with van der Waals surface area (Å²) in [5.41, 5.74) is 6.43. The number of nitrogen functional groups attached to an aromatic ring is 1. The molecule has 1 aromatic heterocycles. The van der Waals surface area contributed by atoms with Crippen LogP contribution in [0.1, 0.15) is 37.0 Å². The number of nitrogens with two attached hydrogens (primary N) is 1. The molecule has 2 unspecified atom stereocenters. The van der Waals surface area contributed by atoms with Crippen LogP contribution >= 0.6 is 11.5 Å². The minimum Gasteiger partial charge on any atom is -0.382 e. The third kappa shape index (κ3) is 2.73. The van der Waals surface area contributed by atoms with E-state index in [0.29, 0.717) is 17.4 Å². The lowest BCUT2D eigenvalue weighted by Crippen LogP contribution is -2.46. The highest BCUT2D eigenvalue weighted by atomic mass is 32.1. The summed E-state index contributed by atoms with van der Waals surface area (Å²) in [7, 11) is 0. The third-order valence-corrected chi connectivity index (χ3v) is 4.47. The summed E-state index contributed by atoms with van der Waals surface area (Å²) in [4.78, 5) is 14.5. The van der Waals surface area contributed by atoms with Crippen molar-refractivity contribution >= 4 is 28.3 Å². The number of nitrogens with zero attached hydrogens (tertiary/aromatic N) is 2. The molecule has 3 rings (SSSR count). The van der Waals surface area contributed by atoms with E-state index in [0.717, 1.165) is 30.9 Å². The predicted molar refractivity (Wildman–Crippen MR) is 79.2 cm³/mol. The zero-order valence-corrected chi connectivity index (χ0v) is 12.6. The number of amides is 1. The van der Waals surface area contributed by atoms with Crippen LogP contribution in [-0.2, 0) is 4.74 Å². The fourth-order valence-electron chi connectivity index (χ4n) is 2.55. The summed E-state index contributed by atoms with van der Waals surface area (Å²) in [5.74, 6) is 0.232. The molecule has 6 nitrogen and oxygen atoms in total. The Hall–Kier alpha value is -1.34. The molecule has 0 spiro atoms. The van der Waals surface area contributed by atoms with Crippen LogP contribution in [0.15, 0.2) is 0 Å². The lowest BCUT2D eigenvalue weighted by Gasteiger charge is -2.36. The standard InChI is InChI=1S/C13H20N4O2S/c1-7-5-17(6-8(2)19-7)13-10(11(14)16-20-13)12(18)15-9-3-4-9/h7-9H,3-6H2,1-2H3,(H2,14,16)(H,15,18). The maximum Gasteiger partial charge on any atom is 0.258 e. The first-order chi connectivity index (χ1) is 9.54. The molecule has 20 heavy (non-hydrogen) atoms. The van der Waals surface area contributed by atoms with Gasteiger partial charge < -0.3 is 20.7 Å². The number of morpholine rings is 1. The average Bonchev–Trinajstić information content (AvgIpc) is 3.08. The van der Waals surface area contributed by atoms with Gasteiger partial charge in [-0.05, 0) is 38.2 Å². The number of carbonyl (C=O) groups is 1. The fourth-order valence-corrected chi connectivity index (χ4v) is 3.38. The molecule has 2 atom stereocenters. The quantitative estimate of drug-likeness (QED) is 0.877. The van der Waals surface area contributed by atoms with E-state index in [9.17, 15) is 4.79 Å². The molecule has 2 aliphatic rings. The first-order valence-electron chi connectivity index (χ1n) is 7.01.